The van der Waals surface area contributed by atoms with Crippen LogP contribution < -0.4 is 5.73 Å². The van der Waals surface area contributed by atoms with Crippen molar-refractivity contribution in [1.29, 1.82) is 0 Å². The van der Waals surface area contributed by atoms with Crippen LogP contribution in [0.25, 0.3) is 0 Å². The number of halogens is 1. The molecule has 0 heterocycles. The molecule has 15 heavy (non-hydrogen) atoms. The van der Waals surface area contributed by atoms with Crippen LogP contribution in [0.15, 0.2) is 28.7 Å². The largest absolute Gasteiger partial charge is 0.328 e. The Hall–Kier alpha value is -0.340. The molecule has 0 aromatic heterocycles. The summed E-state index contributed by atoms with van der Waals surface area (Å²) in [7, 11) is 0. The van der Waals surface area contributed by atoms with Gasteiger partial charge in [-0.15, -0.1) is 0 Å². The van der Waals surface area contributed by atoms with Crippen LogP contribution in [0.4, 0.5) is 0 Å². The van der Waals surface area contributed by atoms with E-state index in [1.165, 1.54) is 18.4 Å². The molecule has 1 aromatic carbocycles. The highest BCUT2D eigenvalue weighted by Crippen LogP contribution is 2.37. The second kappa shape index (κ2) is 4.67. The van der Waals surface area contributed by atoms with Crippen LogP contribution in [0.5, 0.6) is 0 Å². The lowest BCUT2D eigenvalue weighted by Gasteiger charge is -2.32. The predicted octanol–water partition coefficient (Wildman–Crippen LogP) is 3.68. The number of rotatable bonds is 1. The molecule has 1 saturated carbocycles. The maximum absolute atomic E-state index is 6.05. The fourth-order valence-electron chi connectivity index (χ4n) is 2.53. The van der Waals surface area contributed by atoms with E-state index in [4.69, 9.17) is 5.73 Å². The fourth-order valence-corrected chi connectivity index (χ4v) is 2.79. The van der Waals surface area contributed by atoms with Crippen LogP contribution in [0.2, 0.25) is 0 Å². The smallest absolute Gasteiger partial charge is 0.0175 e. The van der Waals surface area contributed by atoms with Gasteiger partial charge in [-0.1, -0.05) is 35.0 Å². The molecule has 1 aliphatic rings. The second-order valence-electron chi connectivity index (χ2n) is 4.71. The van der Waals surface area contributed by atoms with Gasteiger partial charge in [0.15, 0.2) is 0 Å². The number of hydrogen-bond acceptors (Lipinski definition) is 1. The minimum atomic E-state index is 0.398. The first kappa shape index (κ1) is 11.2. The van der Waals surface area contributed by atoms with Crippen molar-refractivity contribution in [2.45, 2.75) is 38.1 Å². The lowest BCUT2D eigenvalue weighted by molar-refractivity contribution is 0.300. The molecule has 3 unspecified atom stereocenters. The summed E-state index contributed by atoms with van der Waals surface area (Å²) < 4.78 is 1.15. The van der Waals surface area contributed by atoms with Gasteiger partial charge in [-0.05, 0) is 48.8 Å². The normalized spacial score (nSPS) is 31.5. The Balaban J connectivity index is 2.17. The van der Waals surface area contributed by atoms with Crippen molar-refractivity contribution in [3.63, 3.8) is 0 Å². The van der Waals surface area contributed by atoms with Gasteiger partial charge in [0.1, 0.15) is 0 Å². The van der Waals surface area contributed by atoms with E-state index in [2.05, 4.69) is 47.1 Å². The highest BCUT2D eigenvalue weighted by atomic mass is 79.9. The molecule has 82 valence electrons. The summed E-state index contributed by atoms with van der Waals surface area (Å²) in [5.41, 5.74) is 7.49. The van der Waals surface area contributed by atoms with Crippen molar-refractivity contribution >= 4 is 15.9 Å². The average molecular weight is 268 g/mol. The Bertz CT molecular complexity index is 320. The van der Waals surface area contributed by atoms with Gasteiger partial charge in [0.25, 0.3) is 0 Å². The average Bonchev–Trinajstić information content (AvgIpc) is 2.23. The van der Waals surface area contributed by atoms with Gasteiger partial charge >= 0.3 is 0 Å². The molecule has 1 aliphatic carbocycles. The molecular weight excluding hydrogens is 250 g/mol. The lowest BCUT2D eigenvalue weighted by atomic mass is 9.75. The van der Waals surface area contributed by atoms with Gasteiger partial charge in [0.2, 0.25) is 0 Å². The first-order valence-corrected chi connectivity index (χ1v) is 6.47. The van der Waals surface area contributed by atoms with Crippen molar-refractivity contribution < 1.29 is 0 Å². The Kier molecular flexibility index (Phi) is 3.47. The van der Waals surface area contributed by atoms with Gasteiger partial charge in [-0.25, -0.2) is 0 Å². The fraction of sp³-hybridized carbons (Fsp3) is 0.538. The second-order valence-corrected chi connectivity index (χ2v) is 5.62. The molecule has 2 heteroatoms. The molecular formula is C13H18BrN. The van der Waals surface area contributed by atoms with E-state index in [0.29, 0.717) is 12.0 Å². The van der Waals surface area contributed by atoms with Gasteiger partial charge in [0.05, 0.1) is 0 Å². The van der Waals surface area contributed by atoms with Gasteiger partial charge < -0.3 is 5.73 Å². The molecule has 0 aliphatic heterocycles. The molecule has 2 N–H and O–H groups in total. The van der Waals surface area contributed by atoms with Gasteiger partial charge in [-0.3, -0.25) is 0 Å². The highest BCUT2D eigenvalue weighted by molar-refractivity contribution is 9.10. The molecule has 1 fully saturated rings. The van der Waals surface area contributed by atoms with Crippen molar-refractivity contribution in [3.05, 3.63) is 34.3 Å². The zero-order valence-corrected chi connectivity index (χ0v) is 10.7. The molecule has 0 spiro atoms. The van der Waals surface area contributed by atoms with Gasteiger partial charge in [-0.2, -0.15) is 0 Å². The van der Waals surface area contributed by atoms with Crippen molar-refractivity contribution in [2.75, 3.05) is 0 Å². The van der Waals surface area contributed by atoms with E-state index in [-0.39, 0.29) is 0 Å². The number of benzene rings is 1. The third-order valence-electron chi connectivity index (χ3n) is 3.53. The summed E-state index contributed by atoms with van der Waals surface area (Å²) in [5, 5.41) is 0. The molecule has 2 rings (SSSR count). The van der Waals surface area contributed by atoms with Crippen molar-refractivity contribution in [3.8, 4) is 0 Å². The summed E-state index contributed by atoms with van der Waals surface area (Å²) in [5.74, 6) is 1.42. The monoisotopic (exact) mass is 267 g/mol. The van der Waals surface area contributed by atoms with E-state index in [9.17, 15) is 0 Å². The highest BCUT2D eigenvalue weighted by Gasteiger charge is 2.26. The first-order chi connectivity index (χ1) is 7.16. The minimum absolute atomic E-state index is 0.398. The Morgan fingerprint density at radius 2 is 1.87 bits per heavy atom. The zero-order chi connectivity index (χ0) is 10.8. The first-order valence-electron chi connectivity index (χ1n) is 5.68. The minimum Gasteiger partial charge on any atom is -0.328 e. The van der Waals surface area contributed by atoms with E-state index in [1.54, 1.807) is 0 Å². The van der Waals surface area contributed by atoms with Crippen LogP contribution in [0.1, 0.15) is 37.7 Å². The Morgan fingerprint density at radius 3 is 2.53 bits per heavy atom. The molecule has 0 amide bonds. The van der Waals surface area contributed by atoms with Crippen molar-refractivity contribution in [2.24, 2.45) is 11.7 Å². The van der Waals surface area contributed by atoms with Crippen LogP contribution >= 0.6 is 15.9 Å². The van der Waals surface area contributed by atoms with Crippen molar-refractivity contribution in [1.82, 2.24) is 0 Å². The lowest BCUT2D eigenvalue weighted by Crippen LogP contribution is -2.31. The van der Waals surface area contributed by atoms with E-state index in [0.717, 1.165) is 16.8 Å². The third kappa shape index (κ3) is 2.61. The van der Waals surface area contributed by atoms with E-state index in [1.807, 2.05) is 0 Å². The van der Waals surface area contributed by atoms with Crippen LogP contribution in [-0.4, -0.2) is 6.04 Å². The summed E-state index contributed by atoms with van der Waals surface area (Å²) in [6.45, 7) is 2.35. The maximum atomic E-state index is 6.05. The summed E-state index contributed by atoms with van der Waals surface area (Å²) in [6, 6.07) is 9.10. The molecule has 1 nitrogen and oxygen atoms in total. The summed E-state index contributed by atoms with van der Waals surface area (Å²) in [6.07, 6.45) is 3.60. The Labute approximate surface area is 100 Å². The quantitative estimate of drug-likeness (QED) is 0.826. The maximum Gasteiger partial charge on any atom is 0.0175 e. The predicted molar refractivity (Wildman–Crippen MR) is 67.9 cm³/mol. The third-order valence-corrected chi connectivity index (χ3v) is 4.06. The molecule has 0 bridgehead atoms. The van der Waals surface area contributed by atoms with E-state index >= 15 is 0 Å². The zero-order valence-electron chi connectivity index (χ0n) is 9.12. The topological polar surface area (TPSA) is 26.0 Å². The standard InChI is InChI=1S/C13H18BrN/c1-9-2-7-12(15)8-13(9)10-3-5-11(14)6-4-10/h3-6,9,12-13H,2,7-8,15H2,1H3. The number of hydrogen-bond donors (Lipinski definition) is 1. The van der Waals surface area contributed by atoms with E-state index < -0.39 is 0 Å². The Morgan fingerprint density at radius 1 is 1.20 bits per heavy atom. The van der Waals surface area contributed by atoms with Crippen LogP contribution in [0, 0.1) is 5.92 Å². The van der Waals surface area contributed by atoms with Crippen LogP contribution in [0.3, 0.4) is 0 Å². The van der Waals surface area contributed by atoms with Gasteiger partial charge in [0, 0.05) is 10.5 Å². The summed E-state index contributed by atoms with van der Waals surface area (Å²) in [4.78, 5) is 0. The summed E-state index contributed by atoms with van der Waals surface area (Å²) >= 11 is 3.47. The molecule has 0 radical (unpaired) electrons. The molecule has 1 aromatic rings. The van der Waals surface area contributed by atoms with Crippen LogP contribution in [-0.2, 0) is 0 Å². The molecule has 3 atom stereocenters. The SMILES string of the molecule is CC1CCC(N)CC1c1ccc(Br)cc1. The number of nitrogens with two attached hydrogens (primary N) is 1. The molecule has 0 saturated heterocycles.